The minimum absolute atomic E-state index is 0.0451. The predicted octanol–water partition coefficient (Wildman–Crippen LogP) is 4.09. The van der Waals surface area contributed by atoms with E-state index in [4.69, 9.17) is 21.7 Å². The van der Waals surface area contributed by atoms with Crippen LogP contribution in [0.4, 0.5) is 5.69 Å². The lowest BCUT2D eigenvalue weighted by Gasteiger charge is -2.26. The third-order valence-electron chi connectivity index (χ3n) is 4.48. The zero-order valence-corrected chi connectivity index (χ0v) is 16.4. The van der Waals surface area contributed by atoms with Gasteiger partial charge in [0, 0.05) is 10.3 Å². The van der Waals surface area contributed by atoms with Gasteiger partial charge in [0.2, 0.25) is 0 Å². The van der Waals surface area contributed by atoms with Crippen molar-refractivity contribution in [1.82, 2.24) is 0 Å². The molecule has 2 heterocycles. The van der Waals surface area contributed by atoms with Gasteiger partial charge in [-0.05, 0) is 42.8 Å². The minimum atomic E-state index is -3.09. The van der Waals surface area contributed by atoms with Crippen molar-refractivity contribution >= 4 is 44.1 Å². The standard InChI is InChI=1S/C18H17ClN2O3S2/c1-11-3-2-4-13(7-11)24-16-6-5-12(19)8-14(16)21-15-9-26(22,23)10-17(15)25-18(21)20/h2-8,15,17,20H,9-10H2,1H3/t15-,17+/m0/s1. The van der Waals surface area contributed by atoms with Crippen molar-refractivity contribution in [1.29, 1.82) is 5.41 Å². The fourth-order valence-electron chi connectivity index (χ4n) is 3.36. The number of thioether (sulfide) groups is 1. The van der Waals surface area contributed by atoms with Gasteiger partial charge in [-0.1, -0.05) is 35.5 Å². The summed E-state index contributed by atoms with van der Waals surface area (Å²) in [5.41, 5.74) is 1.70. The molecule has 2 aliphatic rings. The van der Waals surface area contributed by atoms with Gasteiger partial charge in [-0.3, -0.25) is 5.41 Å². The van der Waals surface area contributed by atoms with Crippen molar-refractivity contribution in [3.63, 3.8) is 0 Å². The first-order valence-electron chi connectivity index (χ1n) is 8.11. The van der Waals surface area contributed by atoms with Crippen LogP contribution in [-0.2, 0) is 9.84 Å². The summed E-state index contributed by atoms with van der Waals surface area (Å²) in [5, 5.41) is 9.06. The predicted molar refractivity (Wildman–Crippen MR) is 107 cm³/mol. The van der Waals surface area contributed by atoms with Crippen molar-refractivity contribution in [3.05, 3.63) is 53.1 Å². The summed E-state index contributed by atoms with van der Waals surface area (Å²) in [5.74, 6) is 1.39. The quantitative estimate of drug-likeness (QED) is 0.828. The Hall–Kier alpha value is -1.70. The topological polar surface area (TPSA) is 70.5 Å². The highest BCUT2D eigenvalue weighted by molar-refractivity contribution is 8.15. The van der Waals surface area contributed by atoms with Crippen LogP contribution in [0, 0.1) is 12.3 Å². The maximum Gasteiger partial charge on any atom is 0.161 e. The molecule has 0 aliphatic carbocycles. The molecule has 2 saturated heterocycles. The Morgan fingerprint density at radius 1 is 1.23 bits per heavy atom. The summed E-state index contributed by atoms with van der Waals surface area (Å²) in [6.45, 7) is 1.98. The number of anilines is 1. The van der Waals surface area contributed by atoms with Crippen LogP contribution in [0.5, 0.6) is 11.5 Å². The lowest BCUT2D eigenvalue weighted by molar-refractivity contribution is 0.481. The second-order valence-electron chi connectivity index (χ2n) is 6.51. The molecule has 2 atom stereocenters. The van der Waals surface area contributed by atoms with Gasteiger partial charge in [0.25, 0.3) is 0 Å². The molecule has 2 fully saturated rings. The molecule has 0 saturated carbocycles. The fourth-order valence-corrected chi connectivity index (χ4v) is 7.31. The fraction of sp³-hybridized carbons (Fsp3) is 0.278. The molecule has 0 radical (unpaired) electrons. The molecule has 2 aromatic carbocycles. The molecular weight excluding hydrogens is 392 g/mol. The number of aryl methyl sites for hydroxylation is 1. The van der Waals surface area contributed by atoms with E-state index >= 15 is 0 Å². The molecule has 0 unspecified atom stereocenters. The molecule has 136 valence electrons. The van der Waals surface area contributed by atoms with Gasteiger partial charge in [0.15, 0.2) is 20.8 Å². The highest BCUT2D eigenvalue weighted by atomic mass is 35.5. The van der Waals surface area contributed by atoms with E-state index in [0.29, 0.717) is 27.4 Å². The molecule has 2 aromatic rings. The molecule has 1 N–H and O–H groups in total. The van der Waals surface area contributed by atoms with Gasteiger partial charge in [0.05, 0.1) is 23.2 Å². The Balaban J connectivity index is 1.74. The minimum Gasteiger partial charge on any atom is -0.455 e. The van der Waals surface area contributed by atoms with E-state index in [1.165, 1.54) is 11.8 Å². The first-order chi connectivity index (χ1) is 12.3. The number of nitrogens with zero attached hydrogens (tertiary/aromatic N) is 1. The van der Waals surface area contributed by atoms with E-state index in [9.17, 15) is 8.42 Å². The molecule has 0 spiro atoms. The van der Waals surface area contributed by atoms with Gasteiger partial charge >= 0.3 is 0 Å². The Kier molecular flexibility index (Phi) is 4.41. The maximum atomic E-state index is 12.0. The Morgan fingerprint density at radius 2 is 2.04 bits per heavy atom. The zero-order valence-electron chi connectivity index (χ0n) is 14.0. The smallest absolute Gasteiger partial charge is 0.161 e. The first-order valence-corrected chi connectivity index (χ1v) is 11.2. The summed E-state index contributed by atoms with van der Waals surface area (Å²) in [7, 11) is -3.09. The number of hydrogen-bond donors (Lipinski definition) is 1. The van der Waals surface area contributed by atoms with E-state index in [1.54, 1.807) is 23.1 Å². The van der Waals surface area contributed by atoms with E-state index in [-0.39, 0.29) is 22.8 Å². The first kappa shape index (κ1) is 17.7. The number of ether oxygens (including phenoxy) is 1. The molecule has 4 rings (SSSR count). The highest BCUT2D eigenvalue weighted by Crippen LogP contribution is 2.45. The summed E-state index contributed by atoms with van der Waals surface area (Å²) < 4.78 is 30.1. The Morgan fingerprint density at radius 3 is 2.81 bits per heavy atom. The maximum absolute atomic E-state index is 12.0. The van der Waals surface area contributed by atoms with Crippen LogP contribution in [0.1, 0.15) is 5.56 Å². The van der Waals surface area contributed by atoms with Gasteiger partial charge in [-0.2, -0.15) is 0 Å². The largest absolute Gasteiger partial charge is 0.455 e. The van der Waals surface area contributed by atoms with Gasteiger partial charge in [-0.25, -0.2) is 8.42 Å². The van der Waals surface area contributed by atoms with Crippen molar-refractivity contribution in [2.24, 2.45) is 0 Å². The van der Waals surface area contributed by atoms with Crippen LogP contribution in [0.3, 0.4) is 0 Å². The van der Waals surface area contributed by atoms with Gasteiger partial charge < -0.3 is 9.64 Å². The molecule has 26 heavy (non-hydrogen) atoms. The average molecular weight is 409 g/mol. The Bertz CT molecular complexity index is 994. The van der Waals surface area contributed by atoms with Crippen molar-refractivity contribution < 1.29 is 13.2 Å². The van der Waals surface area contributed by atoms with Crippen LogP contribution in [0.25, 0.3) is 0 Å². The summed E-state index contributed by atoms with van der Waals surface area (Å²) in [4.78, 5) is 1.75. The number of hydrogen-bond acceptors (Lipinski definition) is 5. The van der Waals surface area contributed by atoms with E-state index in [0.717, 1.165) is 5.56 Å². The molecule has 0 aromatic heterocycles. The number of sulfone groups is 1. The van der Waals surface area contributed by atoms with Crippen LogP contribution in [-0.4, -0.2) is 36.4 Å². The SMILES string of the molecule is Cc1cccc(Oc2ccc(Cl)cc2N2C(=N)S[C@@H]3CS(=O)(=O)C[C@@H]32)c1. The molecule has 0 bridgehead atoms. The number of amidine groups is 1. The number of halogens is 1. The lowest BCUT2D eigenvalue weighted by atomic mass is 10.2. The zero-order chi connectivity index (χ0) is 18.5. The van der Waals surface area contributed by atoms with Crippen molar-refractivity contribution in [2.45, 2.75) is 18.2 Å². The summed E-state index contributed by atoms with van der Waals surface area (Å²) >= 11 is 7.49. The van der Waals surface area contributed by atoms with Crippen LogP contribution >= 0.6 is 23.4 Å². The number of fused-ring (bicyclic) bond motifs is 1. The van der Waals surface area contributed by atoms with E-state index in [2.05, 4.69) is 0 Å². The monoisotopic (exact) mass is 408 g/mol. The lowest BCUT2D eigenvalue weighted by Crippen LogP contribution is -2.37. The van der Waals surface area contributed by atoms with Gasteiger partial charge in [0.1, 0.15) is 5.75 Å². The molecule has 2 aliphatic heterocycles. The second-order valence-corrected chi connectivity index (χ2v) is 10.3. The van der Waals surface area contributed by atoms with Crippen molar-refractivity contribution in [3.8, 4) is 11.5 Å². The van der Waals surface area contributed by atoms with Crippen LogP contribution < -0.4 is 9.64 Å². The third kappa shape index (κ3) is 3.31. The normalized spacial score (nSPS) is 23.9. The number of nitrogens with one attached hydrogen (secondary N) is 1. The van der Waals surface area contributed by atoms with Gasteiger partial charge in [-0.15, -0.1) is 0 Å². The number of benzene rings is 2. The van der Waals surface area contributed by atoms with Crippen molar-refractivity contribution in [2.75, 3.05) is 16.4 Å². The molecule has 5 nitrogen and oxygen atoms in total. The summed E-state index contributed by atoms with van der Waals surface area (Å²) in [6, 6.07) is 12.6. The van der Waals surface area contributed by atoms with Crippen LogP contribution in [0.15, 0.2) is 42.5 Å². The number of rotatable bonds is 3. The summed E-state index contributed by atoms with van der Waals surface area (Å²) in [6.07, 6.45) is 0. The molecular formula is C18H17ClN2O3S2. The Labute approximate surface area is 161 Å². The molecule has 0 amide bonds. The highest BCUT2D eigenvalue weighted by Gasteiger charge is 2.49. The van der Waals surface area contributed by atoms with Crippen LogP contribution in [0.2, 0.25) is 5.02 Å². The van der Waals surface area contributed by atoms with E-state index < -0.39 is 9.84 Å². The third-order valence-corrected chi connectivity index (χ3v) is 7.85. The van der Waals surface area contributed by atoms with E-state index in [1.807, 2.05) is 31.2 Å². The molecule has 8 heteroatoms. The second kappa shape index (κ2) is 6.48. The average Bonchev–Trinajstić information content (AvgIpc) is 2.99.